The molecule has 3 heterocycles. The molecule has 7 heteroatoms. The predicted octanol–water partition coefficient (Wildman–Crippen LogP) is 0.948. The standard InChI is InChI=1S/C15H18N4O3/c1-9-4-12(22-19-9)5-11-7-21-8-13(11)18-15(20)10-2-3-14(16)17-6-10/h2-4,6,11,13H,5,7-8H2,1H3,(H2,16,17)(H,18,20)/t11-,13+/m1/s1. The minimum atomic E-state index is -0.179. The van der Waals surface area contributed by atoms with Gasteiger partial charge in [0.05, 0.1) is 30.5 Å². The number of hydrogen-bond acceptors (Lipinski definition) is 6. The van der Waals surface area contributed by atoms with E-state index in [-0.39, 0.29) is 17.9 Å². The van der Waals surface area contributed by atoms with E-state index in [0.29, 0.717) is 31.0 Å². The van der Waals surface area contributed by atoms with E-state index in [9.17, 15) is 4.79 Å². The van der Waals surface area contributed by atoms with Crippen LogP contribution in [0.1, 0.15) is 21.8 Å². The molecular formula is C15H18N4O3. The second kappa shape index (κ2) is 6.15. The van der Waals surface area contributed by atoms with E-state index in [4.69, 9.17) is 15.0 Å². The summed E-state index contributed by atoms with van der Waals surface area (Å²) in [4.78, 5) is 16.2. The van der Waals surface area contributed by atoms with Crippen molar-refractivity contribution in [3.05, 3.63) is 41.4 Å². The highest BCUT2D eigenvalue weighted by molar-refractivity contribution is 5.94. The second-order valence-corrected chi connectivity index (χ2v) is 5.49. The lowest BCUT2D eigenvalue weighted by Gasteiger charge is -2.18. The number of amides is 1. The van der Waals surface area contributed by atoms with E-state index in [0.717, 1.165) is 11.5 Å². The molecule has 3 N–H and O–H groups in total. The summed E-state index contributed by atoms with van der Waals surface area (Å²) in [5.41, 5.74) is 6.85. The first-order valence-electron chi connectivity index (χ1n) is 7.14. The number of nitrogens with one attached hydrogen (secondary N) is 1. The molecule has 0 radical (unpaired) electrons. The summed E-state index contributed by atoms with van der Waals surface area (Å²) in [5.74, 6) is 1.18. The van der Waals surface area contributed by atoms with Crippen LogP contribution >= 0.6 is 0 Å². The molecule has 1 aliphatic rings. The van der Waals surface area contributed by atoms with Crippen LogP contribution in [0.2, 0.25) is 0 Å². The Labute approximate surface area is 127 Å². The predicted molar refractivity (Wildman–Crippen MR) is 79.2 cm³/mol. The van der Waals surface area contributed by atoms with Crippen molar-refractivity contribution in [3.8, 4) is 0 Å². The third-order valence-corrected chi connectivity index (χ3v) is 3.70. The monoisotopic (exact) mass is 302 g/mol. The van der Waals surface area contributed by atoms with Gasteiger partial charge in [-0.2, -0.15) is 0 Å². The van der Waals surface area contributed by atoms with Crippen molar-refractivity contribution in [1.82, 2.24) is 15.5 Å². The van der Waals surface area contributed by atoms with Gasteiger partial charge in [-0.05, 0) is 19.1 Å². The number of nitrogen functional groups attached to an aromatic ring is 1. The lowest BCUT2D eigenvalue weighted by Crippen LogP contribution is -2.40. The summed E-state index contributed by atoms with van der Waals surface area (Å²) >= 11 is 0. The lowest BCUT2D eigenvalue weighted by molar-refractivity contribution is 0.0924. The number of carbonyl (C=O) groups is 1. The minimum Gasteiger partial charge on any atom is -0.384 e. The molecule has 1 amide bonds. The highest BCUT2D eigenvalue weighted by atomic mass is 16.5. The zero-order chi connectivity index (χ0) is 15.5. The Kier molecular flexibility index (Phi) is 4.06. The number of aryl methyl sites for hydroxylation is 1. The average Bonchev–Trinajstić information content (AvgIpc) is 3.10. The first-order chi connectivity index (χ1) is 10.6. The highest BCUT2D eigenvalue weighted by Gasteiger charge is 2.31. The van der Waals surface area contributed by atoms with Gasteiger partial charge in [0.2, 0.25) is 0 Å². The van der Waals surface area contributed by atoms with E-state index < -0.39 is 0 Å². The second-order valence-electron chi connectivity index (χ2n) is 5.49. The van der Waals surface area contributed by atoms with Gasteiger partial charge in [0.1, 0.15) is 11.6 Å². The Hall–Kier alpha value is -2.41. The molecule has 0 unspecified atom stereocenters. The number of hydrogen-bond donors (Lipinski definition) is 2. The van der Waals surface area contributed by atoms with Crippen molar-refractivity contribution in [2.24, 2.45) is 5.92 Å². The molecule has 0 saturated carbocycles. The zero-order valence-electron chi connectivity index (χ0n) is 12.3. The molecular weight excluding hydrogens is 284 g/mol. The SMILES string of the molecule is Cc1cc(C[C@@H]2COC[C@@H]2NC(=O)c2ccc(N)nc2)on1. The summed E-state index contributed by atoms with van der Waals surface area (Å²) in [6, 6.07) is 5.11. The zero-order valence-corrected chi connectivity index (χ0v) is 12.3. The van der Waals surface area contributed by atoms with E-state index in [1.807, 2.05) is 13.0 Å². The number of carbonyl (C=O) groups excluding carboxylic acids is 1. The summed E-state index contributed by atoms with van der Waals surface area (Å²) in [5, 5.41) is 6.86. The van der Waals surface area contributed by atoms with Crippen LogP contribution in [0, 0.1) is 12.8 Å². The average molecular weight is 302 g/mol. The Morgan fingerprint density at radius 3 is 3.00 bits per heavy atom. The van der Waals surface area contributed by atoms with Crippen LogP contribution in [-0.4, -0.2) is 35.3 Å². The van der Waals surface area contributed by atoms with Crippen molar-refractivity contribution in [2.45, 2.75) is 19.4 Å². The number of ether oxygens (including phenoxy) is 1. The van der Waals surface area contributed by atoms with E-state index in [2.05, 4.69) is 15.5 Å². The Morgan fingerprint density at radius 1 is 1.45 bits per heavy atom. The maximum absolute atomic E-state index is 12.2. The maximum Gasteiger partial charge on any atom is 0.253 e. The van der Waals surface area contributed by atoms with Gasteiger partial charge in [-0.25, -0.2) is 4.98 Å². The van der Waals surface area contributed by atoms with Gasteiger partial charge in [0.15, 0.2) is 0 Å². The van der Waals surface area contributed by atoms with Crippen molar-refractivity contribution in [3.63, 3.8) is 0 Å². The Morgan fingerprint density at radius 2 is 2.32 bits per heavy atom. The molecule has 1 saturated heterocycles. The minimum absolute atomic E-state index is 0.0598. The summed E-state index contributed by atoms with van der Waals surface area (Å²) in [6.45, 7) is 2.96. The number of rotatable bonds is 4. The number of aromatic nitrogens is 2. The number of nitrogens with two attached hydrogens (primary N) is 1. The molecule has 0 bridgehead atoms. The molecule has 22 heavy (non-hydrogen) atoms. The van der Waals surface area contributed by atoms with Gasteiger partial charge >= 0.3 is 0 Å². The molecule has 1 aliphatic heterocycles. The van der Waals surface area contributed by atoms with Crippen LogP contribution in [0.25, 0.3) is 0 Å². The molecule has 2 atom stereocenters. The van der Waals surface area contributed by atoms with E-state index in [1.165, 1.54) is 6.20 Å². The lowest BCUT2D eigenvalue weighted by atomic mass is 9.98. The van der Waals surface area contributed by atoms with Gasteiger partial charge < -0.3 is 20.3 Å². The number of pyridine rings is 1. The molecule has 116 valence electrons. The van der Waals surface area contributed by atoms with Crippen molar-refractivity contribution in [1.29, 1.82) is 0 Å². The van der Waals surface area contributed by atoms with E-state index in [1.54, 1.807) is 12.1 Å². The molecule has 7 nitrogen and oxygen atoms in total. The summed E-state index contributed by atoms with van der Waals surface area (Å²) in [6.07, 6.45) is 2.15. The highest BCUT2D eigenvalue weighted by Crippen LogP contribution is 2.20. The number of nitrogens with zero attached hydrogens (tertiary/aromatic N) is 2. The largest absolute Gasteiger partial charge is 0.384 e. The smallest absolute Gasteiger partial charge is 0.253 e. The number of anilines is 1. The van der Waals surface area contributed by atoms with E-state index >= 15 is 0 Å². The van der Waals surface area contributed by atoms with Crippen molar-refractivity contribution < 1.29 is 14.1 Å². The van der Waals surface area contributed by atoms with Crippen molar-refractivity contribution >= 4 is 11.7 Å². The Balaban J connectivity index is 1.63. The third kappa shape index (κ3) is 3.25. The quantitative estimate of drug-likeness (QED) is 0.871. The van der Waals surface area contributed by atoms with Gasteiger partial charge in [-0.1, -0.05) is 5.16 Å². The van der Waals surface area contributed by atoms with Gasteiger partial charge in [0.25, 0.3) is 5.91 Å². The van der Waals surface area contributed by atoms with Crippen LogP contribution in [0.15, 0.2) is 28.9 Å². The molecule has 2 aromatic rings. The Bertz CT molecular complexity index is 653. The van der Waals surface area contributed by atoms with Crippen molar-refractivity contribution in [2.75, 3.05) is 18.9 Å². The fourth-order valence-corrected chi connectivity index (χ4v) is 2.52. The topological polar surface area (TPSA) is 103 Å². The van der Waals surface area contributed by atoms with Crippen LogP contribution in [0.3, 0.4) is 0 Å². The third-order valence-electron chi connectivity index (χ3n) is 3.70. The van der Waals surface area contributed by atoms with Gasteiger partial charge in [0, 0.05) is 24.6 Å². The van der Waals surface area contributed by atoms with Crippen LogP contribution in [0.5, 0.6) is 0 Å². The summed E-state index contributed by atoms with van der Waals surface area (Å²) < 4.78 is 10.7. The maximum atomic E-state index is 12.2. The first-order valence-corrected chi connectivity index (χ1v) is 7.14. The fraction of sp³-hybridized carbons (Fsp3) is 0.400. The summed E-state index contributed by atoms with van der Waals surface area (Å²) in [7, 11) is 0. The molecule has 3 rings (SSSR count). The molecule has 0 aromatic carbocycles. The van der Waals surface area contributed by atoms with Gasteiger partial charge in [-0.15, -0.1) is 0 Å². The van der Waals surface area contributed by atoms with Crippen LogP contribution in [-0.2, 0) is 11.2 Å². The molecule has 0 aliphatic carbocycles. The van der Waals surface area contributed by atoms with Crippen LogP contribution < -0.4 is 11.1 Å². The van der Waals surface area contributed by atoms with Gasteiger partial charge in [-0.3, -0.25) is 4.79 Å². The fourth-order valence-electron chi connectivity index (χ4n) is 2.52. The molecule has 1 fully saturated rings. The normalized spacial score (nSPS) is 21.0. The molecule has 0 spiro atoms. The van der Waals surface area contributed by atoms with Crippen LogP contribution in [0.4, 0.5) is 5.82 Å². The first kappa shape index (κ1) is 14.5. The molecule has 2 aromatic heterocycles.